The van der Waals surface area contributed by atoms with Crippen LogP contribution in [0.1, 0.15) is 58.3 Å². The quantitative estimate of drug-likeness (QED) is 0.771. The topological polar surface area (TPSA) is 37.3 Å². The maximum Gasteiger partial charge on any atom is 0.309 e. The van der Waals surface area contributed by atoms with Crippen molar-refractivity contribution in [1.82, 2.24) is 0 Å². The van der Waals surface area contributed by atoms with Gasteiger partial charge in [-0.1, -0.05) is 19.8 Å². The Morgan fingerprint density at radius 1 is 1.27 bits per heavy atom. The summed E-state index contributed by atoms with van der Waals surface area (Å²) < 4.78 is 0. The fourth-order valence-corrected chi connectivity index (χ4v) is 2.77. The van der Waals surface area contributed by atoms with Crippen LogP contribution in [-0.4, -0.2) is 11.1 Å². The predicted molar refractivity (Wildman–Crippen MR) is 59.7 cm³/mol. The third kappa shape index (κ3) is 2.53. The molecule has 15 heavy (non-hydrogen) atoms. The van der Waals surface area contributed by atoms with Crippen molar-refractivity contribution in [3.8, 4) is 0 Å². The molecule has 0 unspecified atom stereocenters. The molecule has 0 spiro atoms. The van der Waals surface area contributed by atoms with E-state index in [0.717, 1.165) is 50.4 Å². The molecular weight excluding hydrogens is 188 g/mol. The Kier molecular flexibility index (Phi) is 3.03. The zero-order valence-corrected chi connectivity index (χ0v) is 9.67. The monoisotopic (exact) mass is 210 g/mol. The van der Waals surface area contributed by atoms with Gasteiger partial charge in [0.2, 0.25) is 0 Å². The standard InChI is InChI=1S/C13H22O2/c1-10-4-7-13(8-5-10,12(14)15)9-6-11-2-3-11/h10-11H,2-9H2,1H3,(H,14,15). The molecule has 2 aliphatic carbocycles. The van der Waals surface area contributed by atoms with E-state index in [1.54, 1.807) is 0 Å². The van der Waals surface area contributed by atoms with Gasteiger partial charge in [0, 0.05) is 0 Å². The molecule has 2 fully saturated rings. The molecule has 0 aliphatic heterocycles. The molecule has 0 saturated heterocycles. The highest BCUT2D eigenvalue weighted by Crippen LogP contribution is 2.45. The predicted octanol–water partition coefficient (Wildman–Crippen LogP) is 3.46. The Morgan fingerprint density at radius 3 is 2.33 bits per heavy atom. The summed E-state index contributed by atoms with van der Waals surface area (Å²) in [7, 11) is 0. The summed E-state index contributed by atoms with van der Waals surface area (Å²) in [5.74, 6) is 1.06. The van der Waals surface area contributed by atoms with Crippen LogP contribution < -0.4 is 0 Å². The largest absolute Gasteiger partial charge is 0.481 e. The minimum atomic E-state index is -0.532. The van der Waals surface area contributed by atoms with Crippen LogP contribution in [0.15, 0.2) is 0 Å². The van der Waals surface area contributed by atoms with E-state index in [1.165, 1.54) is 12.8 Å². The van der Waals surface area contributed by atoms with Crippen LogP contribution in [0.25, 0.3) is 0 Å². The van der Waals surface area contributed by atoms with Gasteiger partial charge in [-0.15, -0.1) is 0 Å². The maximum absolute atomic E-state index is 11.4. The molecule has 0 aromatic carbocycles. The second-order valence-electron chi connectivity index (χ2n) is 5.75. The Bertz CT molecular complexity index is 235. The van der Waals surface area contributed by atoms with E-state index in [2.05, 4.69) is 6.92 Å². The van der Waals surface area contributed by atoms with Crippen molar-refractivity contribution in [3.63, 3.8) is 0 Å². The van der Waals surface area contributed by atoms with E-state index < -0.39 is 5.97 Å². The summed E-state index contributed by atoms with van der Waals surface area (Å²) in [6.07, 6.45) is 8.80. The van der Waals surface area contributed by atoms with Crippen molar-refractivity contribution >= 4 is 5.97 Å². The number of carboxylic acids is 1. The van der Waals surface area contributed by atoms with Crippen LogP contribution in [0.3, 0.4) is 0 Å². The fraction of sp³-hybridized carbons (Fsp3) is 0.923. The Labute approximate surface area is 92.1 Å². The van der Waals surface area contributed by atoms with Gasteiger partial charge in [0.1, 0.15) is 0 Å². The van der Waals surface area contributed by atoms with Crippen LogP contribution in [0.5, 0.6) is 0 Å². The first-order valence-corrected chi connectivity index (χ1v) is 6.36. The lowest BCUT2D eigenvalue weighted by Crippen LogP contribution is -2.35. The summed E-state index contributed by atoms with van der Waals surface area (Å²) in [5, 5.41) is 9.41. The maximum atomic E-state index is 11.4. The molecule has 0 atom stereocenters. The first kappa shape index (κ1) is 11.0. The van der Waals surface area contributed by atoms with Crippen molar-refractivity contribution in [2.24, 2.45) is 17.3 Å². The number of carboxylic acid groups (broad SMARTS) is 1. The molecule has 0 heterocycles. The number of hydrogen-bond donors (Lipinski definition) is 1. The highest BCUT2D eigenvalue weighted by Gasteiger charge is 2.41. The molecule has 2 nitrogen and oxygen atoms in total. The summed E-state index contributed by atoms with van der Waals surface area (Å²) in [4.78, 5) is 11.4. The van der Waals surface area contributed by atoms with E-state index in [9.17, 15) is 9.90 Å². The number of hydrogen-bond acceptors (Lipinski definition) is 1. The number of rotatable bonds is 4. The second kappa shape index (κ2) is 4.15. The number of aliphatic carboxylic acids is 1. The van der Waals surface area contributed by atoms with Gasteiger partial charge < -0.3 is 5.11 Å². The van der Waals surface area contributed by atoms with Gasteiger partial charge in [-0.25, -0.2) is 0 Å². The molecule has 0 aromatic rings. The molecule has 2 rings (SSSR count). The second-order valence-corrected chi connectivity index (χ2v) is 5.75. The smallest absolute Gasteiger partial charge is 0.309 e. The van der Waals surface area contributed by atoms with Crippen molar-refractivity contribution in [2.45, 2.75) is 58.3 Å². The van der Waals surface area contributed by atoms with E-state index in [4.69, 9.17) is 0 Å². The average Bonchev–Trinajstić information content (AvgIpc) is 3.01. The highest BCUT2D eigenvalue weighted by atomic mass is 16.4. The molecular formula is C13H22O2. The highest BCUT2D eigenvalue weighted by molar-refractivity contribution is 5.74. The zero-order valence-electron chi connectivity index (χ0n) is 9.67. The minimum absolute atomic E-state index is 0.352. The number of carbonyl (C=O) groups is 1. The third-order valence-corrected chi connectivity index (χ3v) is 4.41. The van der Waals surface area contributed by atoms with Gasteiger partial charge >= 0.3 is 5.97 Å². The summed E-state index contributed by atoms with van der Waals surface area (Å²) in [5.41, 5.74) is -0.352. The van der Waals surface area contributed by atoms with Crippen LogP contribution in [-0.2, 0) is 4.79 Å². The van der Waals surface area contributed by atoms with E-state index >= 15 is 0 Å². The first-order chi connectivity index (χ1) is 7.12. The van der Waals surface area contributed by atoms with E-state index in [1.807, 2.05) is 0 Å². The van der Waals surface area contributed by atoms with Gasteiger partial charge in [0.05, 0.1) is 5.41 Å². The summed E-state index contributed by atoms with van der Waals surface area (Å²) in [6, 6.07) is 0. The van der Waals surface area contributed by atoms with Crippen LogP contribution in [0.2, 0.25) is 0 Å². The third-order valence-electron chi connectivity index (χ3n) is 4.41. The molecule has 86 valence electrons. The first-order valence-electron chi connectivity index (χ1n) is 6.36. The van der Waals surface area contributed by atoms with Crippen LogP contribution >= 0.6 is 0 Å². The van der Waals surface area contributed by atoms with Gasteiger partial charge in [-0.2, -0.15) is 0 Å². The lowest BCUT2D eigenvalue weighted by molar-refractivity contribution is -0.152. The van der Waals surface area contributed by atoms with Gasteiger partial charge in [-0.05, 0) is 50.4 Å². The van der Waals surface area contributed by atoms with Gasteiger partial charge in [0.15, 0.2) is 0 Å². The SMILES string of the molecule is CC1CCC(CCC2CC2)(C(=O)O)CC1. The fourth-order valence-electron chi connectivity index (χ4n) is 2.77. The van der Waals surface area contributed by atoms with E-state index in [0.29, 0.717) is 0 Å². The molecule has 0 radical (unpaired) electrons. The molecule has 1 N–H and O–H groups in total. The van der Waals surface area contributed by atoms with Gasteiger partial charge in [0.25, 0.3) is 0 Å². The Morgan fingerprint density at radius 2 is 1.87 bits per heavy atom. The van der Waals surface area contributed by atoms with E-state index in [-0.39, 0.29) is 5.41 Å². The molecule has 2 heteroatoms. The Hall–Kier alpha value is -0.530. The molecule has 2 saturated carbocycles. The summed E-state index contributed by atoms with van der Waals surface area (Å²) in [6.45, 7) is 2.24. The zero-order chi connectivity index (χ0) is 10.9. The Balaban J connectivity index is 1.93. The van der Waals surface area contributed by atoms with Crippen LogP contribution in [0, 0.1) is 17.3 Å². The molecule has 0 bridgehead atoms. The van der Waals surface area contributed by atoms with Crippen molar-refractivity contribution < 1.29 is 9.90 Å². The summed E-state index contributed by atoms with van der Waals surface area (Å²) >= 11 is 0. The molecule has 0 aromatic heterocycles. The molecule has 2 aliphatic rings. The van der Waals surface area contributed by atoms with Crippen LogP contribution in [0.4, 0.5) is 0 Å². The van der Waals surface area contributed by atoms with Gasteiger partial charge in [-0.3, -0.25) is 4.79 Å². The minimum Gasteiger partial charge on any atom is -0.481 e. The van der Waals surface area contributed by atoms with Crippen molar-refractivity contribution in [3.05, 3.63) is 0 Å². The normalized spacial score (nSPS) is 36.5. The average molecular weight is 210 g/mol. The lowest BCUT2D eigenvalue weighted by atomic mass is 9.68. The molecule has 0 amide bonds. The van der Waals surface area contributed by atoms with Crippen molar-refractivity contribution in [1.29, 1.82) is 0 Å². The lowest BCUT2D eigenvalue weighted by Gasteiger charge is -2.35. The van der Waals surface area contributed by atoms with Crippen molar-refractivity contribution in [2.75, 3.05) is 0 Å².